The van der Waals surface area contributed by atoms with E-state index < -0.39 is 23.1 Å². The first-order valence-corrected chi connectivity index (χ1v) is 6.51. The highest BCUT2D eigenvalue weighted by Gasteiger charge is 2.26. The summed E-state index contributed by atoms with van der Waals surface area (Å²) in [5, 5.41) is 2.65. The number of carbonyl (C=O) groups is 1. The van der Waals surface area contributed by atoms with Gasteiger partial charge in [0.25, 0.3) is 5.91 Å². The number of amides is 1. The molecule has 1 amide bonds. The van der Waals surface area contributed by atoms with E-state index in [-0.39, 0.29) is 17.6 Å². The van der Waals surface area contributed by atoms with Gasteiger partial charge in [0.1, 0.15) is 17.2 Å². The van der Waals surface area contributed by atoms with Gasteiger partial charge < -0.3 is 11.1 Å². The number of benzene rings is 1. The van der Waals surface area contributed by atoms with Gasteiger partial charge in [-0.3, -0.25) is 4.79 Å². The zero-order valence-corrected chi connectivity index (χ0v) is 10.9. The molecule has 1 aliphatic rings. The summed E-state index contributed by atoms with van der Waals surface area (Å²) >= 11 is 0. The van der Waals surface area contributed by atoms with Crippen LogP contribution in [-0.2, 0) is 0 Å². The molecule has 0 saturated heterocycles. The smallest absolute Gasteiger partial charge is 0.257 e. The lowest BCUT2D eigenvalue weighted by molar-refractivity contribution is 0.0912. The van der Waals surface area contributed by atoms with Gasteiger partial charge in [-0.1, -0.05) is 18.9 Å². The van der Waals surface area contributed by atoms with Crippen molar-refractivity contribution in [3.63, 3.8) is 0 Å². The van der Waals surface area contributed by atoms with Crippen LogP contribution in [0.5, 0.6) is 0 Å². The van der Waals surface area contributed by atoms with E-state index in [0.29, 0.717) is 0 Å². The van der Waals surface area contributed by atoms with E-state index in [1.54, 1.807) is 0 Å². The molecule has 0 spiro atoms. The third-order valence-corrected chi connectivity index (χ3v) is 3.65. The maximum Gasteiger partial charge on any atom is 0.257 e. The van der Waals surface area contributed by atoms with Crippen molar-refractivity contribution in [3.8, 4) is 0 Å². The zero-order chi connectivity index (χ0) is 14.0. The number of hydrogen-bond acceptors (Lipinski definition) is 2. The Morgan fingerprint density at radius 3 is 2.68 bits per heavy atom. The molecular formula is C14H18F2N2O. The third-order valence-electron chi connectivity index (χ3n) is 3.65. The molecule has 1 fully saturated rings. The molecule has 1 aromatic carbocycles. The summed E-state index contributed by atoms with van der Waals surface area (Å²) in [6.07, 6.45) is 3.57. The third kappa shape index (κ3) is 2.92. The molecule has 19 heavy (non-hydrogen) atoms. The van der Waals surface area contributed by atoms with Crippen molar-refractivity contribution in [1.82, 2.24) is 5.32 Å². The van der Waals surface area contributed by atoms with E-state index in [1.807, 2.05) is 0 Å². The minimum Gasteiger partial charge on any atom is -0.348 e. The van der Waals surface area contributed by atoms with E-state index >= 15 is 0 Å². The molecule has 0 bridgehead atoms. The molecule has 3 nitrogen and oxygen atoms in total. The SMILES string of the molecule is Cc1ccc(F)c(C(=O)N[C@@H]2CCCC[C@H]2N)c1F. The minimum absolute atomic E-state index is 0.145. The van der Waals surface area contributed by atoms with Crippen LogP contribution in [-0.4, -0.2) is 18.0 Å². The molecule has 104 valence electrons. The Bertz CT molecular complexity index is 491. The molecule has 0 aliphatic heterocycles. The van der Waals surface area contributed by atoms with E-state index in [4.69, 9.17) is 5.73 Å². The first-order chi connectivity index (χ1) is 9.00. The Balaban J connectivity index is 2.18. The standard InChI is InChI=1S/C14H18F2N2O/c1-8-6-7-9(15)12(13(8)16)14(19)18-11-5-3-2-4-10(11)17/h6-7,10-11H,2-5,17H2,1H3,(H,18,19)/t10-,11-/m1/s1. The van der Waals surface area contributed by atoms with Gasteiger partial charge in [-0.25, -0.2) is 8.78 Å². The van der Waals surface area contributed by atoms with Gasteiger partial charge in [0.05, 0.1) is 0 Å². The predicted octanol–water partition coefficient (Wildman–Crippen LogP) is 2.27. The van der Waals surface area contributed by atoms with Crippen LogP contribution in [0.15, 0.2) is 12.1 Å². The Kier molecular flexibility index (Phi) is 4.14. The maximum atomic E-state index is 13.8. The Hall–Kier alpha value is -1.49. The van der Waals surface area contributed by atoms with E-state index in [0.717, 1.165) is 31.7 Å². The van der Waals surface area contributed by atoms with E-state index in [2.05, 4.69) is 5.32 Å². The van der Waals surface area contributed by atoms with Crippen molar-refractivity contribution >= 4 is 5.91 Å². The zero-order valence-electron chi connectivity index (χ0n) is 10.9. The van der Waals surface area contributed by atoms with Crippen LogP contribution in [0, 0.1) is 18.6 Å². The fraction of sp³-hybridized carbons (Fsp3) is 0.500. The average molecular weight is 268 g/mol. The van der Waals surface area contributed by atoms with Gasteiger partial charge in [-0.05, 0) is 31.4 Å². The highest BCUT2D eigenvalue weighted by molar-refractivity contribution is 5.95. The summed E-state index contributed by atoms with van der Waals surface area (Å²) in [7, 11) is 0. The number of nitrogens with two attached hydrogens (primary N) is 1. The molecule has 2 atom stereocenters. The van der Waals surface area contributed by atoms with Crippen molar-refractivity contribution in [3.05, 3.63) is 34.9 Å². The number of rotatable bonds is 2. The largest absolute Gasteiger partial charge is 0.348 e. The first-order valence-electron chi connectivity index (χ1n) is 6.51. The van der Waals surface area contributed by atoms with Crippen molar-refractivity contribution in [2.75, 3.05) is 0 Å². The predicted molar refractivity (Wildman–Crippen MR) is 68.8 cm³/mol. The Labute approximate surface area is 111 Å². The van der Waals surface area contributed by atoms with Gasteiger partial charge in [0, 0.05) is 12.1 Å². The van der Waals surface area contributed by atoms with Crippen molar-refractivity contribution in [1.29, 1.82) is 0 Å². The molecule has 0 aromatic heterocycles. The lowest BCUT2D eigenvalue weighted by Gasteiger charge is -2.29. The summed E-state index contributed by atoms with van der Waals surface area (Å²) < 4.78 is 27.4. The number of halogens is 2. The van der Waals surface area contributed by atoms with Gasteiger partial charge in [0.2, 0.25) is 0 Å². The van der Waals surface area contributed by atoms with E-state index in [1.165, 1.54) is 13.0 Å². The number of carbonyl (C=O) groups excluding carboxylic acids is 1. The molecular weight excluding hydrogens is 250 g/mol. The quantitative estimate of drug-likeness (QED) is 0.864. The molecule has 0 heterocycles. The van der Waals surface area contributed by atoms with Gasteiger partial charge in [-0.15, -0.1) is 0 Å². The fourth-order valence-electron chi connectivity index (χ4n) is 2.44. The second-order valence-corrected chi connectivity index (χ2v) is 5.08. The summed E-state index contributed by atoms with van der Waals surface area (Å²) in [6.45, 7) is 1.50. The Morgan fingerprint density at radius 2 is 2.00 bits per heavy atom. The molecule has 1 saturated carbocycles. The highest BCUT2D eigenvalue weighted by atomic mass is 19.1. The average Bonchev–Trinajstić information content (AvgIpc) is 2.37. The van der Waals surface area contributed by atoms with Crippen LogP contribution >= 0.6 is 0 Å². The lowest BCUT2D eigenvalue weighted by Crippen LogP contribution is -2.49. The van der Waals surface area contributed by atoms with Gasteiger partial charge in [0.15, 0.2) is 0 Å². The van der Waals surface area contributed by atoms with Crippen LogP contribution in [0.4, 0.5) is 8.78 Å². The normalized spacial score (nSPS) is 23.2. The number of aryl methyl sites for hydroxylation is 1. The van der Waals surface area contributed by atoms with Crippen LogP contribution in [0.1, 0.15) is 41.6 Å². The summed E-state index contributed by atoms with van der Waals surface area (Å²) in [4.78, 5) is 12.0. The van der Waals surface area contributed by atoms with E-state index in [9.17, 15) is 13.6 Å². The molecule has 0 unspecified atom stereocenters. The first kappa shape index (κ1) is 13.9. The maximum absolute atomic E-state index is 13.8. The summed E-state index contributed by atoms with van der Waals surface area (Å²) in [5.41, 5.74) is 5.64. The van der Waals surface area contributed by atoms with Crippen molar-refractivity contribution in [2.24, 2.45) is 5.73 Å². The molecule has 1 aromatic rings. The molecule has 5 heteroatoms. The molecule has 1 aliphatic carbocycles. The van der Waals surface area contributed by atoms with Crippen LogP contribution < -0.4 is 11.1 Å². The van der Waals surface area contributed by atoms with Crippen LogP contribution in [0.25, 0.3) is 0 Å². The second-order valence-electron chi connectivity index (χ2n) is 5.08. The van der Waals surface area contributed by atoms with Crippen molar-refractivity contribution in [2.45, 2.75) is 44.7 Å². The monoisotopic (exact) mass is 268 g/mol. The Morgan fingerprint density at radius 1 is 1.32 bits per heavy atom. The number of nitrogens with one attached hydrogen (secondary N) is 1. The molecule has 2 rings (SSSR count). The van der Waals surface area contributed by atoms with Crippen LogP contribution in [0.3, 0.4) is 0 Å². The molecule has 3 N–H and O–H groups in total. The second kappa shape index (κ2) is 5.65. The lowest BCUT2D eigenvalue weighted by atomic mass is 9.91. The summed E-state index contributed by atoms with van der Waals surface area (Å²) in [5.74, 6) is -2.37. The van der Waals surface area contributed by atoms with Gasteiger partial charge in [-0.2, -0.15) is 0 Å². The fourth-order valence-corrected chi connectivity index (χ4v) is 2.44. The topological polar surface area (TPSA) is 55.1 Å². The summed E-state index contributed by atoms with van der Waals surface area (Å²) in [6, 6.07) is 2.07. The van der Waals surface area contributed by atoms with Gasteiger partial charge >= 0.3 is 0 Å². The molecule has 0 radical (unpaired) electrons. The highest BCUT2D eigenvalue weighted by Crippen LogP contribution is 2.20. The van der Waals surface area contributed by atoms with Crippen molar-refractivity contribution < 1.29 is 13.6 Å². The number of hydrogen-bond donors (Lipinski definition) is 2. The van der Waals surface area contributed by atoms with Crippen LogP contribution in [0.2, 0.25) is 0 Å². The minimum atomic E-state index is -0.843.